The summed E-state index contributed by atoms with van der Waals surface area (Å²) < 4.78 is 17.3. The molecule has 25 heavy (non-hydrogen) atoms. The van der Waals surface area contributed by atoms with Gasteiger partial charge in [-0.15, -0.1) is 0 Å². The number of hydrogen-bond acceptors (Lipinski definition) is 6. The van der Waals surface area contributed by atoms with Gasteiger partial charge < -0.3 is 19.3 Å². The van der Waals surface area contributed by atoms with Crippen LogP contribution in [0.15, 0.2) is 12.2 Å². The van der Waals surface area contributed by atoms with Gasteiger partial charge in [0.05, 0.1) is 17.4 Å². The van der Waals surface area contributed by atoms with Crippen molar-refractivity contribution in [2.24, 2.45) is 17.8 Å². The maximum atomic E-state index is 12.2. The molecule has 0 amide bonds. The van der Waals surface area contributed by atoms with E-state index in [4.69, 9.17) is 14.2 Å². The number of fused-ring (bicyclic) bond motifs is 3. The van der Waals surface area contributed by atoms with E-state index >= 15 is 0 Å². The minimum Gasteiger partial charge on any atom is -0.461 e. The van der Waals surface area contributed by atoms with Crippen LogP contribution in [0.25, 0.3) is 0 Å². The molecular weight excluding hydrogens is 324 g/mol. The molecule has 0 unspecified atom stereocenters. The van der Waals surface area contributed by atoms with Gasteiger partial charge >= 0.3 is 11.9 Å². The summed E-state index contributed by atoms with van der Waals surface area (Å²) in [6.45, 7) is 11.3. The molecule has 0 saturated carbocycles. The summed E-state index contributed by atoms with van der Waals surface area (Å²) in [6.07, 6.45) is 1.01. The van der Waals surface area contributed by atoms with Crippen LogP contribution in [0.1, 0.15) is 53.4 Å². The first-order valence-electron chi connectivity index (χ1n) is 9.07. The van der Waals surface area contributed by atoms with Gasteiger partial charge in [0, 0.05) is 24.3 Å². The van der Waals surface area contributed by atoms with Gasteiger partial charge in [-0.25, -0.2) is 4.79 Å². The number of carbonyl (C=O) groups is 2. The molecule has 3 aliphatic rings. The molecule has 140 valence electrons. The van der Waals surface area contributed by atoms with Crippen molar-refractivity contribution < 1.29 is 28.9 Å². The first kappa shape index (κ1) is 18.4. The van der Waals surface area contributed by atoms with Crippen molar-refractivity contribution in [2.45, 2.75) is 77.0 Å². The normalized spacial score (nSPS) is 43.9. The van der Waals surface area contributed by atoms with Gasteiger partial charge in [-0.05, 0) is 19.8 Å². The van der Waals surface area contributed by atoms with Gasteiger partial charge in [0.15, 0.2) is 5.79 Å². The summed E-state index contributed by atoms with van der Waals surface area (Å²) in [4.78, 5) is 24.3. The molecule has 6 heteroatoms. The van der Waals surface area contributed by atoms with Crippen molar-refractivity contribution in [3.63, 3.8) is 0 Å². The van der Waals surface area contributed by atoms with E-state index in [0.29, 0.717) is 31.3 Å². The highest BCUT2D eigenvalue weighted by atomic mass is 16.6. The van der Waals surface area contributed by atoms with Crippen molar-refractivity contribution in [1.82, 2.24) is 0 Å². The van der Waals surface area contributed by atoms with Crippen LogP contribution in [0.4, 0.5) is 0 Å². The number of esters is 2. The second-order valence-corrected chi connectivity index (χ2v) is 8.36. The zero-order chi connectivity index (χ0) is 18.6. The van der Waals surface area contributed by atoms with Gasteiger partial charge in [0.1, 0.15) is 12.2 Å². The first-order chi connectivity index (χ1) is 11.5. The van der Waals surface area contributed by atoms with Crippen LogP contribution >= 0.6 is 0 Å². The van der Waals surface area contributed by atoms with Crippen molar-refractivity contribution >= 4 is 11.9 Å². The summed E-state index contributed by atoms with van der Waals surface area (Å²) in [5, 5.41) is 10.9. The highest BCUT2D eigenvalue weighted by Crippen LogP contribution is 2.49. The van der Waals surface area contributed by atoms with Gasteiger partial charge in [0.25, 0.3) is 0 Å². The van der Waals surface area contributed by atoms with Crippen LogP contribution in [-0.2, 0) is 23.8 Å². The Morgan fingerprint density at radius 2 is 2.08 bits per heavy atom. The second-order valence-electron chi connectivity index (χ2n) is 8.36. The Kier molecular flexibility index (Phi) is 4.48. The van der Waals surface area contributed by atoms with E-state index in [0.717, 1.165) is 0 Å². The fourth-order valence-corrected chi connectivity index (χ4v) is 4.25. The van der Waals surface area contributed by atoms with Crippen molar-refractivity contribution in [3.8, 4) is 0 Å². The van der Waals surface area contributed by atoms with E-state index < -0.39 is 35.5 Å². The first-order valence-corrected chi connectivity index (χ1v) is 9.07. The molecule has 6 nitrogen and oxygen atoms in total. The van der Waals surface area contributed by atoms with Gasteiger partial charge in [-0.2, -0.15) is 0 Å². The van der Waals surface area contributed by atoms with E-state index in [1.54, 1.807) is 13.8 Å². The number of ether oxygens (including phenoxy) is 3. The zero-order valence-corrected chi connectivity index (χ0v) is 15.4. The smallest absolute Gasteiger partial charge is 0.334 e. The molecule has 0 aromatic carbocycles. The lowest BCUT2D eigenvalue weighted by atomic mass is 9.78. The predicted octanol–water partition coefficient (Wildman–Crippen LogP) is 2.34. The predicted molar refractivity (Wildman–Crippen MR) is 89.3 cm³/mol. The lowest BCUT2D eigenvalue weighted by Gasteiger charge is -2.33. The van der Waals surface area contributed by atoms with Gasteiger partial charge in [0.2, 0.25) is 0 Å². The highest BCUT2D eigenvalue weighted by Gasteiger charge is 2.56. The SMILES string of the molecule is C=C1C(=O)O[C@@H]2C[C@H](C)[C@@]3(O)CC[C@@](C)(C[C@@H](OC(=O)C(C)C)[C@H]12)O3. The molecule has 0 aliphatic carbocycles. The van der Waals surface area contributed by atoms with Crippen LogP contribution in [0.3, 0.4) is 0 Å². The third-order valence-corrected chi connectivity index (χ3v) is 5.89. The summed E-state index contributed by atoms with van der Waals surface area (Å²) in [5.74, 6) is -2.89. The number of carbonyl (C=O) groups excluding carboxylic acids is 2. The quantitative estimate of drug-likeness (QED) is 0.607. The average molecular weight is 352 g/mol. The summed E-state index contributed by atoms with van der Waals surface area (Å²) in [7, 11) is 0. The summed E-state index contributed by atoms with van der Waals surface area (Å²) in [6, 6.07) is 0. The third-order valence-electron chi connectivity index (χ3n) is 5.89. The fourth-order valence-electron chi connectivity index (χ4n) is 4.25. The Balaban J connectivity index is 1.97. The highest BCUT2D eigenvalue weighted by molar-refractivity contribution is 5.91. The largest absolute Gasteiger partial charge is 0.461 e. The van der Waals surface area contributed by atoms with E-state index in [-0.39, 0.29) is 17.8 Å². The molecule has 1 N–H and O–H groups in total. The molecule has 0 aromatic rings. The van der Waals surface area contributed by atoms with Gasteiger partial charge in [-0.3, -0.25) is 4.79 Å². The van der Waals surface area contributed by atoms with Crippen LogP contribution in [-0.4, -0.2) is 40.6 Å². The number of aliphatic hydroxyl groups is 1. The number of rotatable bonds is 2. The van der Waals surface area contributed by atoms with Crippen LogP contribution in [0.2, 0.25) is 0 Å². The zero-order valence-electron chi connectivity index (χ0n) is 15.4. The Hall–Kier alpha value is -1.40. The van der Waals surface area contributed by atoms with E-state index in [1.807, 2.05) is 13.8 Å². The second kappa shape index (κ2) is 6.09. The maximum Gasteiger partial charge on any atom is 0.334 e. The molecule has 3 aliphatic heterocycles. The standard InChI is InChI=1S/C19H28O6/c1-10(2)16(20)24-14-9-18(5)6-7-19(22,25-18)11(3)8-13-15(14)12(4)17(21)23-13/h10-11,13-15,22H,4,6-9H2,1-3,5H3/t11-,13+,14+,15+,18-,19+/m0/s1. The summed E-state index contributed by atoms with van der Waals surface area (Å²) in [5.41, 5.74) is -0.279. The number of hydrogen-bond donors (Lipinski definition) is 1. The monoisotopic (exact) mass is 352 g/mol. The molecule has 2 bridgehead atoms. The third kappa shape index (κ3) is 3.22. The van der Waals surface area contributed by atoms with Crippen molar-refractivity contribution in [1.29, 1.82) is 0 Å². The lowest BCUT2D eigenvalue weighted by Crippen LogP contribution is -2.40. The molecule has 3 rings (SSSR count). The lowest BCUT2D eigenvalue weighted by molar-refractivity contribution is -0.250. The van der Waals surface area contributed by atoms with E-state index in [1.165, 1.54) is 0 Å². The molecule has 6 atom stereocenters. The molecule has 3 saturated heterocycles. The van der Waals surface area contributed by atoms with Crippen LogP contribution in [0, 0.1) is 17.8 Å². The molecule has 0 spiro atoms. The molecular formula is C19H28O6. The van der Waals surface area contributed by atoms with Crippen molar-refractivity contribution in [2.75, 3.05) is 0 Å². The average Bonchev–Trinajstić information content (AvgIpc) is 2.97. The topological polar surface area (TPSA) is 82.1 Å². The molecule has 0 aromatic heterocycles. The van der Waals surface area contributed by atoms with Crippen LogP contribution in [0.5, 0.6) is 0 Å². The molecule has 3 heterocycles. The minimum absolute atomic E-state index is 0.208. The summed E-state index contributed by atoms with van der Waals surface area (Å²) >= 11 is 0. The molecule has 0 radical (unpaired) electrons. The van der Waals surface area contributed by atoms with Crippen molar-refractivity contribution in [3.05, 3.63) is 12.2 Å². The molecule has 3 fully saturated rings. The Morgan fingerprint density at radius 3 is 2.72 bits per heavy atom. The van der Waals surface area contributed by atoms with E-state index in [9.17, 15) is 14.7 Å². The fraction of sp³-hybridized carbons (Fsp3) is 0.789. The minimum atomic E-state index is -1.24. The maximum absolute atomic E-state index is 12.2. The Bertz CT molecular complexity index is 599. The van der Waals surface area contributed by atoms with Crippen LogP contribution < -0.4 is 0 Å². The Labute approximate surface area is 148 Å². The van der Waals surface area contributed by atoms with Gasteiger partial charge in [-0.1, -0.05) is 27.4 Å². The van der Waals surface area contributed by atoms with E-state index in [2.05, 4.69) is 6.58 Å². The Morgan fingerprint density at radius 1 is 1.40 bits per heavy atom.